The summed E-state index contributed by atoms with van der Waals surface area (Å²) < 4.78 is 55.8. The molecule has 0 aliphatic carbocycles. The van der Waals surface area contributed by atoms with Crippen LogP contribution >= 0.6 is 12.2 Å². The van der Waals surface area contributed by atoms with Crippen molar-refractivity contribution in [2.75, 3.05) is 22.9 Å². The highest BCUT2D eigenvalue weighted by molar-refractivity contribution is 7.81. The Kier molecular flexibility index (Phi) is 9.30. The Labute approximate surface area is 229 Å². The molecular weight excluding hydrogens is 534 g/mol. The van der Waals surface area contributed by atoms with Gasteiger partial charge < -0.3 is 16.0 Å². The lowest BCUT2D eigenvalue weighted by atomic mass is 10.0. The van der Waals surface area contributed by atoms with Crippen molar-refractivity contribution in [3.05, 3.63) is 58.9 Å². The number of rotatable bonds is 10. The van der Waals surface area contributed by atoms with Gasteiger partial charge >= 0.3 is 6.18 Å². The molecule has 2 aromatic carbocycles. The van der Waals surface area contributed by atoms with Crippen LogP contribution in [0.25, 0.3) is 0 Å². The number of alkyl halides is 3. The summed E-state index contributed by atoms with van der Waals surface area (Å²) in [5.74, 6) is -2.49. The van der Waals surface area contributed by atoms with Crippen LogP contribution < -0.4 is 20.9 Å². The smallest absolute Gasteiger partial charge is 0.356 e. The normalized spacial score (nSPS) is 15.0. The molecule has 0 spiro atoms. The van der Waals surface area contributed by atoms with Gasteiger partial charge in [0, 0.05) is 18.7 Å². The van der Waals surface area contributed by atoms with Crippen molar-refractivity contribution in [3.63, 3.8) is 0 Å². The molecule has 3 N–H and O–H groups in total. The molecule has 1 fully saturated rings. The number of nitrogens with one attached hydrogen (secondary N) is 1. The number of hydrogen-bond acceptors (Lipinski definition) is 5. The predicted molar refractivity (Wildman–Crippen MR) is 143 cm³/mol. The predicted octanol–water partition coefficient (Wildman–Crippen LogP) is 4.81. The fourth-order valence-electron chi connectivity index (χ4n) is 4.40. The zero-order valence-corrected chi connectivity index (χ0v) is 22.4. The van der Waals surface area contributed by atoms with Gasteiger partial charge in [0.05, 0.1) is 17.3 Å². The van der Waals surface area contributed by atoms with E-state index in [0.29, 0.717) is 38.0 Å². The topological polar surface area (TPSA) is 102 Å². The summed E-state index contributed by atoms with van der Waals surface area (Å²) in [5.41, 5.74) is 2.22. The third-order valence-corrected chi connectivity index (χ3v) is 6.82. The van der Waals surface area contributed by atoms with E-state index in [2.05, 4.69) is 5.32 Å². The molecule has 7 nitrogen and oxygen atoms in total. The van der Waals surface area contributed by atoms with Crippen molar-refractivity contribution in [2.45, 2.75) is 57.7 Å². The van der Waals surface area contributed by atoms with Crippen LogP contribution in [0.15, 0.2) is 36.4 Å². The zero-order valence-electron chi connectivity index (χ0n) is 21.6. The van der Waals surface area contributed by atoms with Crippen LogP contribution in [0.2, 0.25) is 0 Å². The second kappa shape index (κ2) is 12.1. The van der Waals surface area contributed by atoms with Gasteiger partial charge in [0.15, 0.2) is 10.9 Å². The average Bonchev–Trinajstić information content (AvgIpc) is 3.04. The number of nitrogens with two attached hydrogens (primary N) is 1. The van der Waals surface area contributed by atoms with Gasteiger partial charge in [0.1, 0.15) is 11.1 Å². The molecule has 39 heavy (non-hydrogen) atoms. The van der Waals surface area contributed by atoms with E-state index in [4.69, 9.17) is 23.2 Å². The zero-order chi connectivity index (χ0) is 29.0. The van der Waals surface area contributed by atoms with E-state index in [9.17, 15) is 22.8 Å². The highest BCUT2D eigenvalue weighted by atomic mass is 32.1. The number of amides is 2. The van der Waals surface area contributed by atoms with Gasteiger partial charge in [-0.15, -0.1) is 0 Å². The van der Waals surface area contributed by atoms with E-state index >= 15 is 4.39 Å². The van der Waals surface area contributed by atoms with Crippen molar-refractivity contribution in [1.82, 2.24) is 5.32 Å². The summed E-state index contributed by atoms with van der Waals surface area (Å²) in [5, 5.41) is 11.7. The molecule has 0 atom stereocenters. The van der Waals surface area contributed by atoms with Crippen LogP contribution in [0.1, 0.15) is 56.2 Å². The lowest BCUT2D eigenvalue weighted by Gasteiger charge is -2.29. The van der Waals surface area contributed by atoms with E-state index in [1.54, 1.807) is 12.1 Å². The number of hydrogen-bond donors (Lipinski definition) is 2. The Bertz CT molecular complexity index is 1290. The van der Waals surface area contributed by atoms with Crippen LogP contribution in [0.5, 0.6) is 0 Å². The molecule has 12 heteroatoms. The van der Waals surface area contributed by atoms with Gasteiger partial charge in [0.2, 0.25) is 5.91 Å². The summed E-state index contributed by atoms with van der Waals surface area (Å²) in [6.45, 7) is 4.25. The van der Waals surface area contributed by atoms with E-state index in [-0.39, 0.29) is 11.0 Å². The molecular formula is C27H29F4N5O2S. The number of benzene rings is 2. The number of nitrogens with zero attached hydrogens (tertiary/aromatic N) is 3. The fourth-order valence-corrected chi connectivity index (χ4v) is 4.91. The SMILES string of the molecule is CC1(C)C(=O)N(c2ccc(C#N)c(C(F)(F)F)c2F)C(=S)N1c1ccc(CCCC(=O)NCCCCN)cc1. The van der Waals surface area contributed by atoms with Gasteiger partial charge in [-0.25, -0.2) is 4.39 Å². The standard InChI is InChI=1S/C27H29F4N5O2S/c1-26(2)24(38)35(20-13-10-18(16-33)22(23(20)28)27(29,30)31)25(39)36(26)19-11-8-17(9-12-19)6-5-7-21(37)34-15-4-3-14-32/h8-13H,3-7,14-15,32H2,1-2H3,(H,34,37). The Morgan fingerprint density at radius 1 is 1.13 bits per heavy atom. The van der Waals surface area contributed by atoms with Crippen LogP contribution in [-0.2, 0) is 22.2 Å². The summed E-state index contributed by atoms with van der Waals surface area (Å²) in [6.07, 6.45) is -1.84. The van der Waals surface area contributed by atoms with Gasteiger partial charge in [-0.1, -0.05) is 12.1 Å². The molecule has 1 saturated heterocycles. The number of halogens is 4. The van der Waals surface area contributed by atoms with Crippen LogP contribution in [-0.4, -0.2) is 35.6 Å². The number of carbonyl (C=O) groups excluding carboxylic acids is 2. The molecule has 0 bridgehead atoms. The first-order chi connectivity index (χ1) is 18.3. The molecule has 3 rings (SSSR count). The van der Waals surface area contributed by atoms with Gasteiger partial charge in [-0.2, -0.15) is 18.4 Å². The Balaban J connectivity index is 1.78. The number of anilines is 2. The third kappa shape index (κ3) is 6.37. The first kappa shape index (κ1) is 30.0. The van der Waals surface area contributed by atoms with Gasteiger partial charge in [0.25, 0.3) is 5.91 Å². The van der Waals surface area contributed by atoms with Gasteiger partial charge in [-0.3, -0.25) is 14.5 Å². The maximum Gasteiger partial charge on any atom is 0.420 e. The fraction of sp³-hybridized carbons (Fsp3) is 0.407. The molecule has 0 unspecified atom stereocenters. The van der Waals surface area contributed by atoms with Crippen LogP contribution in [0.3, 0.4) is 0 Å². The second-order valence-corrected chi connectivity index (χ2v) is 9.98. The summed E-state index contributed by atoms with van der Waals surface area (Å²) in [6, 6.07) is 10.2. The Hall–Kier alpha value is -3.56. The molecule has 208 valence electrons. The molecule has 1 heterocycles. The highest BCUT2D eigenvalue weighted by Gasteiger charge is 2.52. The average molecular weight is 564 g/mol. The highest BCUT2D eigenvalue weighted by Crippen LogP contribution is 2.41. The minimum Gasteiger partial charge on any atom is -0.356 e. The first-order valence-electron chi connectivity index (χ1n) is 12.4. The van der Waals surface area contributed by atoms with E-state index in [1.807, 2.05) is 12.1 Å². The lowest BCUT2D eigenvalue weighted by Crippen LogP contribution is -2.44. The number of aryl methyl sites for hydroxylation is 1. The van der Waals surface area contributed by atoms with Crippen LogP contribution in [0, 0.1) is 17.1 Å². The Morgan fingerprint density at radius 2 is 1.79 bits per heavy atom. The monoisotopic (exact) mass is 563 g/mol. The van der Waals surface area contributed by atoms with E-state index < -0.39 is 40.3 Å². The molecule has 2 amide bonds. The first-order valence-corrected chi connectivity index (χ1v) is 12.8. The third-order valence-electron chi connectivity index (χ3n) is 6.45. The van der Waals surface area contributed by atoms with E-state index in [0.717, 1.165) is 35.4 Å². The minimum absolute atomic E-state index is 0.0323. The molecule has 0 radical (unpaired) electrons. The Morgan fingerprint density at radius 3 is 2.38 bits per heavy atom. The van der Waals surface area contributed by atoms with Crippen molar-refractivity contribution in [3.8, 4) is 6.07 Å². The van der Waals surface area contributed by atoms with Crippen molar-refractivity contribution >= 4 is 40.5 Å². The quantitative estimate of drug-likeness (QED) is 0.244. The van der Waals surface area contributed by atoms with Crippen molar-refractivity contribution in [2.24, 2.45) is 5.73 Å². The maximum atomic E-state index is 15.2. The number of thiocarbonyl (C=S) groups is 1. The molecule has 1 aliphatic rings. The summed E-state index contributed by atoms with van der Waals surface area (Å²) in [4.78, 5) is 27.4. The number of unbranched alkanes of at least 4 members (excludes halogenated alkanes) is 1. The summed E-state index contributed by atoms with van der Waals surface area (Å²) in [7, 11) is 0. The molecule has 1 aliphatic heterocycles. The molecule has 2 aromatic rings. The maximum absolute atomic E-state index is 15.2. The number of carbonyl (C=O) groups is 2. The number of nitriles is 1. The van der Waals surface area contributed by atoms with Gasteiger partial charge in [-0.05, 0) is 88.1 Å². The molecule has 0 aromatic heterocycles. The van der Waals surface area contributed by atoms with Crippen molar-refractivity contribution < 1.29 is 27.2 Å². The summed E-state index contributed by atoms with van der Waals surface area (Å²) >= 11 is 5.46. The van der Waals surface area contributed by atoms with E-state index in [1.165, 1.54) is 24.8 Å². The van der Waals surface area contributed by atoms with Crippen LogP contribution in [0.4, 0.5) is 28.9 Å². The van der Waals surface area contributed by atoms with Crippen molar-refractivity contribution in [1.29, 1.82) is 5.26 Å². The largest absolute Gasteiger partial charge is 0.420 e. The lowest BCUT2D eigenvalue weighted by molar-refractivity contribution is -0.140. The second-order valence-electron chi connectivity index (χ2n) is 9.61. The minimum atomic E-state index is -5.15. The molecule has 0 saturated carbocycles.